The van der Waals surface area contributed by atoms with E-state index in [-0.39, 0.29) is 23.5 Å². The van der Waals surface area contributed by atoms with Gasteiger partial charge in [0.05, 0.1) is 12.6 Å². The highest BCUT2D eigenvalue weighted by Gasteiger charge is 2.29. The fraction of sp³-hybridized carbons (Fsp3) is 0.562. The first kappa shape index (κ1) is 16.5. The summed E-state index contributed by atoms with van der Waals surface area (Å²) in [7, 11) is 1.62. The van der Waals surface area contributed by atoms with Crippen LogP contribution in [0.2, 0.25) is 0 Å². The Morgan fingerprint density at radius 1 is 1.20 bits per heavy atom. The van der Waals surface area contributed by atoms with E-state index in [1.165, 1.54) is 5.56 Å². The number of carbonyl (C=O) groups excluding carboxylic acids is 1. The van der Waals surface area contributed by atoms with Crippen molar-refractivity contribution in [1.29, 1.82) is 0 Å². The van der Waals surface area contributed by atoms with E-state index in [0.717, 1.165) is 0 Å². The number of hydrogen-bond acceptors (Lipinski definition) is 2. The van der Waals surface area contributed by atoms with Crippen molar-refractivity contribution in [2.75, 3.05) is 13.7 Å². The van der Waals surface area contributed by atoms with Gasteiger partial charge in [-0.3, -0.25) is 0 Å². The molecule has 2 N–H and O–H groups in total. The van der Waals surface area contributed by atoms with Crippen molar-refractivity contribution in [1.82, 2.24) is 10.6 Å². The van der Waals surface area contributed by atoms with Crippen molar-refractivity contribution in [3.63, 3.8) is 0 Å². The lowest BCUT2D eigenvalue weighted by Gasteiger charge is -2.33. The second-order valence-electron chi connectivity index (χ2n) is 5.78. The minimum atomic E-state index is -0.161. The van der Waals surface area contributed by atoms with Gasteiger partial charge in [-0.25, -0.2) is 4.79 Å². The molecule has 4 nitrogen and oxygen atoms in total. The predicted molar refractivity (Wildman–Crippen MR) is 81.9 cm³/mol. The molecule has 2 amide bonds. The third kappa shape index (κ3) is 4.53. The van der Waals surface area contributed by atoms with Crippen LogP contribution in [-0.2, 0) is 10.2 Å². The van der Waals surface area contributed by atoms with Gasteiger partial charge in [0.25, 0.3) is 0 Å². The quantitative estimate of drug-likeness (QED) is 0.840. The van der Waals surface area contributed by atoms with Gasteiger partial charge in [0, 0.05) is 18.6 Å². The molecule has 2 unspecified atom stereocenters. The van der Waals surface area contributed by atoms with Gasteiger partial charge in [-0.1, -0.05) is 44.2 Å². The van der Waals surface area contributed by atoms with Crippen LogP contribution in [-0.4, -0.2) is 31.8 Å². The summed E-state index contributed by atoms with van der Waals surface area (Å²) in [5.41, 5.74) is 1.07. The standard InChI is InChI=1S/C16H26N2O2/c1-12(11-20-5)17-15(19)18-13(2)16(3,4)14-9-7-6-8-10-14/h6-10,12-13H,11H2,1-5H3,(H2,17,18,19). The van der Waals surface area contributed by atoms with E-state index in [1.54, 1.807) is 7.11 Å². The smallest absolute Gasteiger partial charge is 0.315 e. The zero-order valence-corrected chi connectivity index (χ0v) is 13.1. The average Bonchev–Trinajstić information content (AvgIpc) is 2.39. The van der Waals surface area contributed by atoms with E-state index in [2.05, 4.69) is 36.6 Å². The lowest BCUT2D eigenvalue weighted by molar-refractivity contribution is 0.169. The Kier molecular flexibility index (Phi) is 6.02. The van der Waals surface area contributed by atoms with Crippen LogP contribution < -0.4 is 10.6 Å². The van der Waals surface area contributed by atoms with Gasteiger partial charge >= 0.3 is 6.03 Å². The number of amides is 2. The number of ether oxygens (including phenoxy) is 1. The topological polar surface area (TPSA) is 50.4 Å². The van der Waals surface area contributed by atoms with Crippen LogP contribution in [0.25, 0.3) is 0 Å². The zero-order chi connectivity index (χ0) is 15.2. The summed E-state index contributed by atoms with van der Waals surface area (Å²) in [6.45, 7) is 8.70. The van der Waals surface area contributed by atoms with Crippen LogP contribution in [0.4, 0.5) is 4.79 Å². The Morgan fingerprint density at radius 3 is 2.35 bits per heavy atom. The van der Waals surface area contributed by atoms with Gasteiger partial charge in [0.1, 0.15) is 0 Å². The lowest BCUT2D eigenvalue weighted by Crippen LogP contribution is -2.51. The number of benzene rings is 1. The van der Waals surface area contributed by atoms with E-state index in [4.69, 9.17) is 4.74 Å². The zero-order valence-electron chi connectivity index (χ0n) is 13.1. The van der Waals surface area contributed by atoms with E-state index in [1.807, 2.05) is 32.0 Å². The third-order valence-electron chi connectivity index (χ3n) is 3.74. The molecule has 4 heteroatoms. The maximum Gasteiger partial charge on any atom is 0.315 e. The molecule has 20 heavy (non-hydrogen) atoms. The first-order chi connectivity index (χ1) is 9.37. The molecule has 0 spiro atoms. The van der Waals surface area contributed by atoms with Crippen LogP contribution >= 0.6 is 0 Å². The molecule has 0 bridgehead atoms. The van der Waals surface area contributed by atoms with Gasteiger partial charge in [-0.15, -0.1) is 0 Å². The Balaban J connectivity index is 2.61. The highest BCUT2D eigenvalue weighted by molar-refractivity contribution is 5.74. The number of hydrogen-bond donors (Lipinski definition) is 2. The molecular formula is C16H26N2O2. The normalized spacial score (nSPS) is 14.4. The van der Waals surface area contributed by atoms with Crippen molar-refractivity contribution < 1.29 is 9.53 Å². The molecule has 0 fully saturated rings. The van der Waals surface area contributed by atoms with Crippen molar-refractivity contribution in [3.05, 3.63) is 35.9 Å². The molecule has 112 valence electrons. The van der Waals surface area contributed by atoms with E-state index in [9.17, 15) is 4.79 Å². The van der Waals surface area contributed by atoms with Crippen molar-refractivity contribution in [2.24, 2.45) is 0 Å². The summed E-state index contributed by atoms with van der Waals surface area (Å²) in [6.07, 6.45) is 0. The SMILES string of the molecule is COCC(C)NC(=O)NC(C)C(C)(C)c1ccccc1. The largest absolute Gasteiger partial charge is 0.383 e. The molecule has 0 heterocycles. The van der Waals surface area contributed by atoms with Gasteiger partial charge in [0.2, 0.25) is 0 Å². The van der Waals surface area contributed by atoms with Crippen molar-refractivity contribution >= 4 is 6.03 Å². The monoisotopic (exact) mass is 278 g/mol. The molecule has 0 aromatic heterocycles. The first-order valence-corrected chi connectivity index (χ1v) is 6.99. The maximum absolute atomic E-state index is 11.9. The van der Waals surface area contributed by atoms with Gasteiger partial charge < -0.3 is 15.4 Å². The first-order valence-electron chi connectivity index (χ1n) is 6.99. The van der Waals surface area contributed by atoms with Gasteiger partial charge in [-0.05, 0) is 19.4 Å². The summed E-state index contributed by atoms with van der Waals surface area (Å²) in [4.78, 5) is 11.9. The van der Waals surface area contributed by atoms with E-state index in [0.29, 0.717) is 6.61 Å². The molecular weight excluding hydrogens is 252 g/mol. The van der Waals surface area contributed by atoms with E-state index < -0.39 is 0 Å². The van der Waals surface area contributed by atoms with Crippen LogP contribution in [0.3, 0.4) is 0 Å². The number of carbonyl (C=O) groups is 1. The third-order valence-corrected chi connectivity index (χ3v) is 3.74. The van der Waals surface area contributed by atoms with Crippen LogP contribution in [0.1, 0.15) is 33.3 Å². The van der Waals surface area contributed by atoms with Crippen molar-refractivity contribution in [3.8, 4) is 0 Å². The molecule has 0 aliphatic carbocycles. The van der Waals surface area contributed by atoms with Gasteiger partial charge in [-0.2, -0.15) is 0 Å². The average molecular weight is 278 g/mol. The van der Waals surface area contributed by atoms with Crippen molar-refractivity contribution in [2.45, 2.75) is 45.2 Å². The van der Waals surface area contributed by atoms with Gasteiger partial charge in [0.15, 0.2) is 0 Å². The minimum Gasteiger partial charge on any atom is -0.383 e. The Morgan fingerprint density at radius 2 is 1.80 bits per heavy atom. The number of urea groups is 1. The second-order valence-corrected chi connectivity index (χ2v) is 5.78. The van der Waals surface area contributed by atoms with Crippen LogP contribution in [0.5, 0.6) is 0 Å². The lowest BCUT2D eigenvalue weighted by atomic mass is 9.78. The molecule has 0 radical (unpaired) electrons. The Bertz CT molecular complexity index is 418. The Labute approximate surface area is 121 Å². The summed E-state index contributed by atoms with van der Waals surface area (Å²) < 4.78 is 5.00. The molecule has 0 saturated carbocycles. The number of methoxy groups -OCH3 is 1. The summed E-state index contributed by atoms with van der Waals surface area (Å²) in [6, 6.07) is 10.1. The Hall–Kier alpha value is -1.55. The summed E-state index contributed by atoms with van der Waals surface area (Å²) in [5.74, 6) is 0. The molecule has 1 aromatic carbocycles. The fourth-order valence-corrected chi connectivity index (χ4v) is 2.05. The second kappa shape index (κ2) is 7.29. The number of rotatable bonds is 6. The fourth-order valence-electron chi connectivity index (χ4n) is 2.05. The van der Waals surface area contributed by atoms with Crippen LogP contribution in [0.15, 0.2) is 30.3 Å². The molecule has 1 aromatic rings. The molecule has 2 atom stereocenters. The molecule has 0 aliphatic rings. The number of nitrogens with one attached hydrogen (secondary N) is 2. The minimum absolute atomic E-state index is 0.00737. The highest BCUT2D eigenvalue weighted by atomic mass is 16.5. The molecule has 1 rings (SSSR count). The highest BCUT2D eigenvalue weighted by Crippen LogP contribution is 2.26. The maximum atomic E-state index is 11.9. The molecule has 0 saturated heterocycles. The van der Waals surface area contributed by atoms with E-state index >= 15 is 0 Å². The predicted octanol–water partition coefficient (Wildman–Crippen LogP) is 2.69. The van der Waals surface area contributed by atoms with Crippen LogP contribution in [0, 0.1) is 0 Å². The molecule has 0 aliphatic heterocycles. The summed E-state index contributed by atoms with van der Waals surface area (Å²) >= 11 is 0. The summed E-state index contributed by atoms with van der Waals surface area (Å²) in [5, 5.41) is 5.86.